The van der Waals surface area contributed by atoms with Gasteiger partial charge < -0.3 is 10.2 Å². The number of hydrogen-bond acceptors (Lipinski definition) is 4. The third-order valence-electron chi connectivity index (χ3n) is 5.54. The first-order valence-electron chi connectivity index (χ1n) is 11.7. The van der Waals surface area contributed by atoms with Crippen molar-refractivity contribution in [1.29, 1.82) is 0 Å². The van der Waals surface area contributed by atoms with Gasteiger partial charge in [-0.2, -0.15) is 0 Å². The van der Waals surface area contributed by atoms with Gasteiger partial charge in [-0.15, -0.1) is 0 Å². The summed E-state index contributed by atoms with van der Waals surface area (Å²) >= 11 is 0. The molecule has 2 aromatic carbocycles. The van der Waals surface area contributed by atoms with Gasteiger partial charge in [0.2, 0.25) is 0 Å². The number of aromatic hydroxyl groups is 2. The van der Waals surface area contributed by atoms with Crippen molar-refractivity contribution in [2.75, 3.05) is 13.1 Å². The summed E-state index contributed by atoms with van der Waals surface area (Å²) in [5.41, 5.74) is 3.27. The van der Waals surface area contributed by atoms with E-state index in [-0.39, 0.29) is 10.8 Å². The Morgan fingerprint density at radius 1 is 0.625 bits per heavy atom. The maximum absolute atomic E-state index is 10.5. The lowest BCUT2D eigenvalue weighted by molar-refractivity contribution is 0.445. The van der Waals surface area contributed by atoms with Crippen LogP contribution in [0, 0.1) is 0 Å². The van der Waals surface area contributed by atoms with Gasteiger partial charge in [-0.1, -0.05) is 78.6 Å². The maximum Gasteiger partial charge on any atom is 0.128 e. The number of para-hydroxylation sites is 2. The Balaban J connectivity index is 1.71. The molecule has 0 unspecified atom stereocenters. The molecule has 2 N–H and O–H groups in total. The van der Waals surface area contributed by atoms with Gasteiger partial charge in [0, 0.05) is 36.6 Å². The summed E-state index contributed by atoms with van der Waals surface area (Å²) in [6.07, 6.45) is 7.82. The minimum absolute atomic E-state index is 0.0927. The van der Waals surface area contributed by atoms with Crippen LogP contribution in [-0.4, -0.2) is 35.7 Å². The molecule has 2 rings (SSSR count). The smallest absolute Gasteiger partial charge is 0.128 e. The molecule has 0 amide bonds. The van der Waals surface area contributed by atoms with E-state index in [1.807, 2.05) is 36.4 Å². The van der Waals surface area contributed by atoms with Crippen LogP contribution < -0.4 is 0 Å². The molecule has 0 heterocycles. The Morgan fingerprint density at radius 3 is 1.34 bits per heavy atom. The standard InChI is InChI=1S/C28H40N2O2/c1-27(2,3)23-15-11-13-21(25(23)31)19-29-17-9-7-8-10-18-30-20-22-14-12-16-24(26(22)32)28(4,5)6/h11-16,19-20,31-32H,7-10,17-18H2,1-6H3. The average Bonchev–Trinajstić information content (AvgIpc) is 2.69. The van der Waals surface area contributed by atoms with Crippen molar-refractivity contribution in [2.24, 2.45) is 9.98 Å². The number of unbranched alkanes of at least 4 members (excludes halogenated alkanes) is 3. The van der Waals surface area contributed by atoms with Crippen molar-refractivity contribution in [1.82, 2.24) is 0 Å². The molecule has 0 saturated heterocycles. The summed E-state index contributed by atoms with van der Waals surface area (Å²) in [5, 5.41) is 21.0. The molecule has 0 aliphatic carbocycles. The van der Waals surface area contributed by atoms with E-state index in [0.717, 1.165) is 61.0 Å². The molecule has 0 atom stereocenters. The van der Waals surface area contributed by atoms with Gasteiger partial charge >= 0.3 is 0 Å². The van der Waals surface area contributed by atoms with Crippen LogP contribution in [-0.2, 0) is 10.8 Å². The lowest BCUT2D eigenvalue weighted by Gasteiger charge is -2.21. The van der Waals surface area contributed by atoms with E-state index in [9.17, 15) is 10.2 Å². The number of rotatable bonds is 9. The number of phenolic OH excluding ortho intramolecular Hbond substituents is 2. The molecule has 0 fully saturated rings. The van der Waals surface area contributed by atoms with E-state index >= 15 is 0 Å². The highest BCUT2D eigenvalue weighted by atomic mass is 16.3. The molecule has 2 aromatic rings. The highest BCUT2D eigenvalue weighted by Gasteiger charge is 2.19. The fourth-order valence-corrected chi connectivity index (χ4v) is 3.63. The summed E-state index contributed by atoms with van der Waals surface area (Å²) in [4.78, 5) is 8.99. The van der Waals surface area contributed by atoms with Gasteiger partial charge in [-0.25, -0.2) is 0 Å². The van der Waals surface area contributed by atoms with Crippen molar-refractivity contribution in [2.45, 2.75) is 78.1 Å². The zero-order chi connectivity index (χ0) is 23.8. The summed E-state index contributed by atoms with van der Waals surface area (Å²) in [6.45, 7) is 14.1. The first-order valence-corrected chi connectivity index (χ1v) is 11.7. The van der Waals surface area contributed by atoms with Crippen LogP contribution in [0.25, 0.3) is 0 Å². The first kappa shape index (κ1) is 25.6. The van der Waals surface area contributed by atoms with Gasteiger partial charge in [0.15, 0.2) is 0 Å². The summed E-state index contributed by atoms with van der Waals surface area (Å²) in [7, 11) is 0. The molecule has 0 aliphatic rings. The van der Waals surface area contributed by atoms with Crippen molar-refractivity contribution in [3.8, 4) is 11.5 Å². The van der Waals surface area contributed by atoms with Gasteiger partial charge in [0.25, 0.3) is 0 Å². The minimum atomic E-state index is -0.0927. The SMILES string of the molecule is CC(C)(C)c1cccc(C=NCCCCCCN=Cc2cccc(C(C)(C)C)c2O)c1O. The molecular formula is C28H40N2O2. The van der Waals surface area contributed by atoms with Crippen LogP contribution in [0.15, 0.2) is 46.4 Å². The Morgan fingerprint density at radius 2 is 1.00 bits per heavy atom. The normalized spacial score (nSPS) is 12.8. The van der Waals surface area contributed by atoms with E-state index in [1.165, 1.54) is 0 Å². The van der Waals surface area contributed by atoms with Crippen molar-refractivity contribution >= 4 is 12.4 Å². The lowest BCUT2D eigenvalue weighted by atomic mass is 9.85. The molecule has 32 heavy (non-hydrogen) atoms. The van der Waals surface area contributed by atoms with Crippen LogP contribution in [0.3, 0.4) is 0 Å². The van der Waals surface area contributed by atoms with Gasteiger partial charge in [-0.05, 0) is 46.9 Å². The van der Waals surface area contributed by atoms with Crippen LogP contribution in [0.5, 0.6) is 11.5 Å². The monoisotopic (exact) mass is 436 g/mol. The largest absolute Gasteiger partial charge is 0.507 e. The number of nitrogens with zero attached hydrogens (tertiary/aromatic N) is 2. The molecule has 0 radical (unpaired) electrons. The van der Waals surface area contributed by atoms with Crippen LogP contribution in [0.4, 0.5) is 0 Å². The molecule has 0 bridgehead atoms. The van der Waals surface area contributed by atoms with Crippen molar-refractivity contribution in [3.63, 3.8) is 0 Å². The summed E-state index contributed by atoms with van der Waals surface area (Å²) in [5.74, 6) is 0.668. The second kappa shape index (κ2) is 11.3. The quantitative estimate of drug-likeness (QED) is 0.336. The van der Waals surface area contributed by atoms with E-state index < -0.39 is 0 Å². The topological polar surface area (TPSA) is 65.2 Å². The molecule has 0 aromatic heterocycles. The highest BCUT2D eigenvalue weighted by Crippen LogP contribution is 2.33. The predicted octanol–water partition coefficient (Wildman–Crippen LogP) is 6.79. The van der Waals surface area contributed by atoms with E-state index in [1.54, 1.807) is 12.4 Å². The molecular weight excluding hydrogens is 396 g/mol. The van der Waals surface area contributed by atoms with Crippen LogP contribution in [0.2, 0.25) is 0 Å². The second-order valence-corrected chi connectivity index (χ2v) is 10.5. The fourth-order valence-electron chi connectivity index (χ4n) is 3.63. The van der Waals surface area contributed by atoms with Crippen molar-refractivity contribution < 1.29 is 10.2 Å². The second-order valence-electron chi connectivity index (χ2n) is 10.5. The Labute approximate surface area is 194 Å². The van der Waals surface area contributed by atoms with Crippen LogP contribution >= 0.6 is 0 Å². The first-order chi connectivity index (χ1) is 15.0. The zero-order valence-corrected chi connectivity index (χ0v) is 20.7. The summed E-state index contributed by atoms with van der Waals surface area (Å²) in [6, 6.07) is 11.7. The summed E-state index contributed by atoms with van der Waals surface area (Å²) < 4.78 is 0. The Kier molecular flexibility index (Phi) is 9.06. The Bertz CT molecular complexity index is 854. The van der Waals surface area contributed by atoms with Crippen molar-refractivity contribution in [3.05, 3.63) is 58.7 Å². The van der Waals surface area contributed by atoms with Gasteiger partial charge in [0.05, 0.1) is 0 Å². The maximum atomic E-state index is 10.5. The van der Waals surface area contributed by atoms with E-state index in [0.29, 0.717) is 11.5 Å². The predicted molar refractivity (Wildman–Crippen MR) is 137 cm³/mol. The third-order valence-corrected chi connectivity index (χ3v) is 5.54. The van der Waals surface area contributed by atoms with Crippen LogP contribution in [0.1, 0.15) is 89.5 Å². The van der Waals surface area contributed by atoms with Gasteiger partial charge in [-0.3, -0.25) is 9.98 Å². The number of benzene rings is 2. The lowest BCUT2D eigenvalue weighted by Crippen LogP contribution is -2.11. The fraction of sp³-hybridized carbons (Fsp3) is 0.500. The minimum Gasteiger partial charge on any atom is -0.507 e. The molecule has 4 heteroatoms. The highest BCUT2D eigenvalue weighted by molar-refractivity contribution is 5.84. The molecule has 174 valence electrons. The van der Waals surface area contributed by atoms with Gasteiger partial charge in [0.1, 0.15) is 11.5 Å². The Hall–Kier alpha value is -2.62. The molecule has 0 saturated carbocycles. The number of phenols is 2. The molecule has 0 spiro atoms. The van der Waals surface area contributed by atoms with E-state index in [2.05, 4.69) is 51.5 Å². The molecule has 0 aliphatic heterocycles. The average molecular weight is 437 g/mol. The number of aliphatic imine (C=N–C) groups is 2. The molecule has 4 nitrogen and oxygen atoms in total. The third kappa shape index (κ3) is 7.51. The van der Waals surface area contributed by atoms with E-state index in [4.69, 9.17) is 0 Å². The zero-order valence-electron chi connectivity index (χ0n) is 20.7. The number of hydrogen-bond donors (Lipinski definition) is 2.